The van der Waals surface area contributed by atoms with Gasteiger partial charge < -0.3 is 10.9 Å². The van der Waals surface area contributed by atoms with Crippen LogP contribution in [0.25, 0.3) is 0 Å². The van der Waals surface area contributed by atoms with Crippen LogP contribution in [0.1, 0.15) is 20.8 Å². The summed E-state index contributed by atoms with van der Waals surface area (Å²) in [6, 6.07) is 0. The number of hydrogen-bond donors (Lipinski definition) is 1. The van der Waals surface area contributed by atoms with Crippen LogP contribution in [-0.2, 0) is 9.53 Å². The van der Waals surface area contributed by atoms with Crippen molar-refractivity contribution in [1.29, 1.82) is 0 Å². The number of carbonyl (C=O) groups excluding carboxylic acids is 1. The Labute approximate surface area is 49.6 Å². The lowest BCUT2D eigenvalue weighted by Crippen LogP contribution is -2.06. The number of hydrogen-bond acceptors (Lipinski definition) is 3. The Balaban J connectivity index is 0. The predicted octanol–water partition coefficient (Wildman–Crippen LogP) is 1.12. The van der Waals surface area contributed by atoms with E-state index in [0.717, 1.165) is 0 Å². The first-order chi connectivity index (χ1) is 3.13. The van der Waals surface area contributed by atoms with Gasteiger partial charge in [0.25, 0.3) is 0 Å². The van der Waals surface area contributed by atoms with Gasteiger partial charge in [-0.2, -0.15) is 0 Å². The summed E-state index contributed by atoms with van der Waals surface area (Å²) < 4.78 is 4.61. The second kappa shape index (κ2) is 4.59. The van der Waals surface area contributed by atoms with E-state index in [0.29, 0.717) is 0 Å². The lowest BCUT2D eigenvalue weighted by atomic mass is 10.5. The molecule has 0 saturated carbocycles. The van der Waals surface area contributed by atoms with Crippen molar-refractivity contribution >= 4 is 5.97 Å². The minimum Gasteiger partial charge on any atom is -0.463 e. The van der Waals surface area contributed by atoms with Crippen LogP contribution in [0, 0.1) is 0 Å². The molecule has 0 aliphatic heterocycles. The molecule has 0 heterocycles. The normalized spacial score (nSPS) is 8.00. The van der Waals surface area contributed by atoms with Gasteiger partial charge in [0.05, 0.1) is 6.10 Å². The molecule has 0 fully saturated rings. The lowest BCUT2D eigenvalue weighted by Gasteiger charge is -2.01. The third kappa shape index (κ3) is 9.06. The Kier molecular flexibility index (Phi) is 5.97. The first-order valence-electron chi connectivity index (χ1n) is 2.30. The average Bonchev–Trinajstić information content (AvgIpc) is 1.27. The van der Waals surface area contributed by atoms with Crippen molar-refractivity contribution in [3.8, 4) is 0 Å². The van der Waals surface area contributed by atoms with Gasteiger partial charge in [-0.05, 0) is 13.8 Å². The second-order valence-corrected chi connectivity index (χ2v) is 1.66. The highest BCUT2D eigenvalue weighted by molar-refractivity contribution is 5.66. The molecule has 0 spiro atoms. The fourth-order valence-corrected chi connectivity index (χ4v) is 0.332. The molecule has 50 valence electrons. The second-order valence-electron chi connectivity index (χ2n) is 1.66. The molecule has 0 aliphatic carbocycles. The molecule has 0 amide bonds. The fourth-order valence-electron chi connectivity index (χ4n) is 0.332. The Morgan fingerprint density at radius 2 is 1.88 bits per heavy atom. The van der Waals surface area contributed by atoms with E-state index in [2.05, 4.69) is 4.74 Å². The standard InChI is InChI=1S/C5H10O2.H3N/c1-4(2)7-5(3)6;/h4H,1-3H3;1H3. The van der Waals surface area contributed by atoms with E-state index in [9.17, 15) is 4.79 Å². The van der Waals surface area contributed by atoms with Crippen molar-refractivity contribution in [2.45, 2.75) is 26.9 Å². The summed E-state index contributed by atoms with van der Waals surface area (Å²) in [5.41, 5.74) is 0. The summed E-state index contributed by atoms with van der Waals surface area (Å²) in [6.45, 7) is 5.04. The van der Waals surface area contributed by atoms with Gasteiger partial charge in [-0.25, -0.2) is 0 Å². The Hall–Kier alpha value is -0.570. The number of carbonyl (C=O) groups is 1. The zero-order chi connectivity index (χ0) is 5.86. The molecule has 0 aromatic rings. The van der Waals surface area contributed by atoms with Gasteiger partial charge >= 0.3 is 5.97 Å². The predicted molar refractivity (Wildman–Crippen MR) is 31.9 cm³/mol. The highest BCUT2D eigenvalue weighted by Crippen LogP contribution is 1.85. The molecular weight excluding hydrogens is 106 g/mol. The van der Waals surface area contributed by atoms with Crippen LogP contribution >= 0.6 is 0 Å². The zero-order valence-electron chi connectivity index (χ0n) is 5.60. The van der Waals surface area contributed by atoms with E-state index in [1.165, 1.54) is 6.92 Å². The van der Waals surface area contributed by atoms with E-state index in [4.69, 9.17) is 0 Å². The van der Waals surface area contributed by atoms with Gasteiger partial charge in [0.15, 0.2) is 0 Å². The SMILES string of the molecule is CC(=O)OC(C)C.N. The molecular formula is C5H13NO2. The van der Waals surface area contributed by atoms with Crippen LogP contribution in [0.15, 0.2) is 0 Å². The number of rotatable bonds is 1. The quantitative estimate of drug-likeness (QED) is 0.526. The summed E-state index contributed by atoms with van der Waals surface area (Å²) in [5.74, 6) is -0.213. The fraction of sp³-hybridized carbons (Fsp3) is 0.800. The molecule has 0 aromatic heterocycles. The van der Waals surface area contributed by atoms with Gasteiger partial charge in [0, 0.05) is 6.92 Å². The lowest BCUT2D eigenvalue weighted by molar-refractivity contribution is -0.144. The van der Waals surface area contributed by atoms with Crippen molar-refractivity contribution in [3.05, 3.63) is 0 Å². The van der Waals surface area contributed by atoms with E-state index in [1.54, 1.807) is 0 Å². The van der Waals surface area contributed by atoms with Crippen LogP contribution < -0.4 is 6.15 Å². The molecule has 0 aliphatic rings. The molecule has 0 radical (unpaired) electrons. The van der Waals surface area contributed by atoms with Crippen LogP contribution in [0.5, 0.6) is 0 Å². The van der Waals surface area contributed by atoms with Crippen LogP contribution in [0.4, 0.5) is 0 Å². The summed E-state index contributed by atoms with van der Waals surface area (Å²) in [6.07, 6.45) is 0.0255. The molecule has 0 saturated heterocycles. The van der Waals surface area contributed by atoms with Crippen molar-refractivity contribution in [2.24, 2.45) is 0 Å². The van der Waals surface area contributed by atoms with E-state index >= 15 is 0 Å². The van der Waals surface area contributed by atoms with Crippen LogP contribution in [0.3, 0.4) is 0 Å². The van der Waals surface area contributed by atoms with E-state index < -0.39 is 0 Å². The van der Waals surface area contributed by atoms with E-state index in [1.807, 2.05) is 13.8 Å². The maximum Gasteiger partial charge on any atom is 0.302 e. The molecule has 0 bridgehead atoms. The summed E-state index contributed by atoms with van der Waals surface area (Å²) in [5, 5.41) is 0. The zero-order valence-corrected chi connectivity index (χ0v) is 5.60. The molecule has 8 heavy (non-hydrogen) atoms. The summed E-state index contributed by atoms with van der Waals surface area (Å²) >= 11 is 0. The van der Waals surface area contributed by atoms with E-state index in [-0.39, 0.29) is 18.2 Å². The first-order valence-corrected chi connectivity index (χ1v) is 2.30. The molecule has 3 heteroatoms. The van der Waals surface area contributed by atoms with Gasteiger partial charge in [0.2, 0.25) is 0 Å². The monoisotopic (exact) mass is 119 g/mol. The van der Waals surface area contributed by atoms with Gasteiger partial charge in [-0.15, -0.1) is 0 Å². The molecule has 0 rings (SSSR count). The Morgan fingerprint density at radius 1 is 1.50 bits per heavy atom. The third-order valence-corrected chi connectivity index (χ3v) is 0.402. The summed E-state index contributed by atoms with van der Waals surface area (Å²) in [4.78, 5) is 10.0. The molecule has 0 unspecified atom stereocenters. The van der Waals surface area contributed by atoms with Crippen molar-refractivity contribution in [2.75, 3.05) is 0 Å². The maximum atomic E-state index is 10.0. The Bertz CT molecular complexity index is 70.8. The molecule has 0 atom stereocenters. The van der Waals surface area contributed by atoms with Gasteiger partial charge in [0.1, 0.15) is 0 Å². The van der Waals surface area contributed by atoms with Gasteiger partial charge in [-0.3, -0.25) is 4.79 Å². The maximum absolute atomic E-state index is 10.0. The van der Waals surface area contributed by atoms with Crippen molar-refractivity contribution in [3.63, 3.8) is 0 Å². The van der Waals surface area contributed by atoms with Crippen LogP contribution in [0.2, 0.25) is 0 Å². The minimum atomic E-state index is -0.213. The van der Waals surface area contributed by atoms with Crippen molar-refractivity contribution < 1.29 is 9.53 Å². The highest BCUT2D eigenvalue weighted by atomic mass is 16.5. The van der Waals surface area contributed by atoms with Crippen LogP contribution in [-0.4, -0.2) is 12.1 Å². The smallest absolute Gasteiger partial charge is 0.302 e. The highest BCUT2D eigenvalue weighted by Gasteiger charge is 1.93. The molecule has 0 aromatic carbocycles. The van der Waals surface area contributed by atoms with Crippen molar-refractivity contribution in [1.82, 2.24) is 6.15 Å². The topological polar surface area (TPSA) is 61.3 Å². The third-order valence-electron chi connectivity index (χ3n) is 0.402. The number of esters is 1. The largest absolute Gasteiger partial charge is 0.463 e. The number of ether oxygens (including phenoxy) is 1. The summed E-state index contributed by atoms with van der Waals surface area (Å²) in [7, 11) is 0. The van der Waals surface area contributed by atoms with Gasteiger partial charge in [-0.1, -0.05) is 0 Å². The minimum absolute atomic E-state index is 0. The average molecular weight is 119 g/mol. The molecule has 3 N–H and O–H groups in total. The molecule has 3 nitrogen and oxygen atoms in total. The first kappa shape index (κ1) is 10.4. The Morgan fingerprint density at radius 3 is 1.88 bits per heavy atom.